The summed E-state index contributed by atoms with van der Waals surface area (Å²) in [6.07, 6.45) is 1.48. The molecule has 0 aliphatic carbocycles. The van der Waals surface area contributed by atoms with Crippen molar-refractivity contribution in [1.29, 1.82) is 0 Å². The molecule has 3 rings (SSSR count). The molecule has 0 radical (unpaired) electrons. The quantitative estimate of drug-likeness (QED) is 0.798. The van der Waals surface area contributed by atoms with Crippen molar-refractivity contribution in [2.75, 3.05) is 12.4 Å². The number of carbonyl (C=O) groups excluding carboxylic acids is 1. The fraction of sp³-hybridized carbons (Fsp3) is 0.133. The lowest BCUT2D eigenvalue weighted by Gasteiger charge is -2.00. The number of anilines is 1. The van der Waals surface area contributed by atoms with E-state index in [1.165, 1.54) is 6.26 Å². The average molecular weight is 315 g/mol. The van der Waals surface area contributed by atoms with Crippen LogP contribution in [0.1, 0.15) is 16.1 Å². The molecule has 0 unspecified atom stereocenters. The molecule has 2 heterocycles. The van der Waals surface area contributed by atoms with E-state index in [1.807, 2.05) is 24.3 Å². The Hall–Kier alpha value is -2.67. The SMILES string of the molecule is COc1ccc(-c2nsc(NC(=O)c3ccoc3C)n2)cc1. The van der Waals surface area contributed by atoms with E-state index < -0.39 is 0 Å². The number of furan rings is 1. The molecular weight excluding hydrogens is 302 g/mol. The van der Waals surface area contributed by atoms with Gasteiger partial charge in [0.25, 0.3) is 5.91 Å². The van der Waals surface area contributed by atoms with Crippen LogP contribution in [-0.4, -0.2) is 22.4 Å². The highest BCUT2D eigenvalue weighted by Gasteiger charge is 2.14. The van der Waals surface area contributed by atoms with Gasteiger partial charge in [-0.15, -0.1) is 0 Å². The van der Waals surface area contributed by atoms with E-state index in [0.717, 1.165) is 22.8 Å². The van der Waals surface area contributed by atoms with Gasteiger partial charge in [0, 0.05) is 17.1 Å². The highest BCUT2D eigenvalue weighted by molar-refractivity contribution is 7.10. The van der Waals surface area contributed by atoms with Crippen molar-refractivity contribution in [2.24, 2.45) is 0 Å². The summed E-state index contributed by atoms with van der Waals surface area (Å²) in [5, 5.41) is 3.16. The smallest absolute Gasteiger partial charge is 0.261 e. The number of ether oxygens (including phenoxy) is 1. The molecule has 0 fully saturated rings. The summed E-state index contributed by atoms with van der Waals surface area (Å²) in [6, 6.07) is 9.03. The second kappa shape index (κ2) is 5.98. The minimum atomic E-state index is -0.260. The molecule has 22 heavy (non-hydrogen) atoms. The van der Waals surface area contributed by atoms with Gasteiger partial charge in [-0.05, 0) is 37.3 Å². The Morgan fingerprint density at radius 1 is 1.27 bits per heavy atom. The van der Waals surface area contributed by atoms with Crippen LogP contribution in [0.25, 0.3) is 11.4 Å². The first kappa shape index (κ1) is 14.3. The van der Waals surface area contributed by atoms with Gasteiger partial charge in [0.05, 0.1) is 18.9 Å². The number of carbonyl (C=O) groups is 1. The Labute approximate surface area is 130 Å². The van der Waals surface area contributed by atoms with Gasteiger partial charge in [-0.25, -0.2) is 0 Å². The molecule has 3 aromatic rings. The number of aromatic nitrogens is 2. The summed E-state index contributed by atoms with van der Waals surface area (Å²) >= 11 is 1.13. The van der Waals surface area contributed by atoms with Crippen molar-refractivity contribution >= 4 is 22.6 Å². The number of methoxy groups -OCH3 is 1. The van der Waals surface area contributed by atoms with Crippen LogP contribution in [0.15, 0.2) is 41.0 Å². The summed E-state index contributed by atoms with van der Waals surface area (Å²) in [6.45, 7) is 1.73. The lowest BCUT2D eigenvalue weighted by atomic mass is 10.2. The Kier molecular flexibility index (Phi) is 3.88. The van der Waals surface area contributed by atoms with E-state index in [2.05, 4.69) is 14.7 Å². The monoisotopic (exact) mass is 315 g/mol. The Morgan fingerprint density at radius 2 is 2.05 bits per heavy atom. The number of hydrogen-bond acceptors (Lipinski definition) is 6. The molecule has 7 heteroatoms. The summed E-state index contributed by atoms with van der Waals surface area (Å²) in [4.78, 5) is 16.4. The maximum atomic E-state index is 12.1. The predicted octanol–water partition coefficient (Wildman–Crippen LogP) is 3.37. The van der Waals surface area contributed by atoms with Crippen LogP contribution in [0, 0.1) is 6.92 Å². The number of nitrogens with zero attached hydrogens (tertiary/aromatic N) is 2. The molecule has 0 saturated heterocycles. The van der Waals surface area contributed by atoms with Crippen molar-refractivity contribution in [3.63, 3.8) is 0 Å². The fourth-order valence-corrected chi connectivity index (χ4v) is 2.50. The zero-order valence-corrected chi connectivity index (χ0v) is 12.8. The van der Waals surface area contributed by atoms with Gasteiger partial charge in [-0.1, -0.05) is 0 Å². The molecule has 1 amide bonds. The lowest BCUT2D eigenvalue weighted by Crippen LogP contribution is -2.11. The van der Waals surface area contributed by atoms with E-state index in [1.54, 1.807) is 20.1 Å². The molecule has 1 N–H and O–H groups in total. The van der Waals surface area contributed by atoms with Gasteiger partial charge in [0.15, 0.2) is 5.82 Å². The third-order valence-corrected chi connectivity index (χ3v) is 3.73. The summed E-state index contributed by atoms with van der Waals surface area (Å²) in [7, 11) is 1.61. The summed E-state index contributed by atoms with van der Waals surface area (Å²) < 4.78 is 14.5. The number of aryl methyl sites for hydroxylation is 1. The molecule has 6 nitrogen and oxygen atoms in total. The molecule has 0 atom stereocenters. The first-order valence-corrected chi connectivity index (χ1v) is 7.28. The van der Waals surface area contributed by atoms with E-state index >= 15 is 0 Å². The van der Waals surface area contributed by atoms with Crippen LogP contribution in [0.3, 0.4) is 0 Å². The van der Waals surface area contributed by atoms with Crippen molar-refractivity contribution in [1.82, 2.24) is 9.36 Å². The minimum absolute atomic E-state index is 0.260. The van der Waals surface area contributed by atoms with Gasteiger partial charge < -0.3 is 9.15 Å². The standard InChI is InChI=1S/C15H13N3O3S/c1-9-12(7-8-21-9)14(19)17-15-16-13(18-22-15)10-3-5-11(20-2)6-4-10/h3-8H,1-2H3,(H,16,17,18,19). The van der Waals surface area contributed by atoms with Crippen LogP contribution < -0.4 is 10.1 Å². The molecule has 0 aliphatic rings. The highest BCUT2D eigenvalue weighted by atomic mass is 32.1. The average Bonchev–Trinajstić information content (AvgIpc) is 3.16. The van der Waals surface area contributed by atoms with E-state index in [9.17, 15) is 4.79 Å². The second-order valence-corrected chi connectivity index (χ2v) is 5.25. The molecule has 0 spiro atoms. The van der Waals surface area contributed by atoms with Gasteiger partial charge in [0.2, 0.25) is 5.13 Å². The third-order valence-electron chi connectivity index (χ3n) is 3.10. The number of hydrogen-bond donors (Lipinski definition) is 1. The summed E-state index contributed by atoms with van der Waals surface area (Å²) in [5.74, 6) is 1.64. The second-order valence-electron chi connectivity index (χ2n) is 4.50. The zero-order chi connectivity index (χ0) is 15.5. The number of rotatable bonds is 4. The van der Waals surface area contributed by atoms with Crippen molar-refractivity contribution in [2.45, 2.75) is 6.92 Å². The van der Waals surface area contributed by atoms with Crippen LogP contribution in [0.4, 0.5) is 5.13 Å². The molecule has 112 valence electrons. The first-order valence-electron chi connectivity index (χ1n) is 6.51. The highest BCUT2D eigenvalue weighted by Crippen LogP contribution is 2.23. The van der Waals surface area contributed by atoms with Gasteiger partial charge in [-0.3, -0.25) is 10.1 Å². The maximum absolute atomic E-state index is 12.1. The summed E-state index contributed by atoms with van der Waals surface area (Å²) in [5.41, 5.74) is 1.35. The van der Waals surface area contributed by atoms with E-state index in [4.69, 9.17) is 9.15 Å². The first-order chi connectivity index (χ1) is 10.7. The molecule has 0 aliphatic heterocycles. The van der Waals surface area contributed by atoms with E-state index in [0.29, 0.717) is 22.3 Å². The maximum Gasteiger partial charge on any atom is 0.261 e. The van der Waals surface area contributed by atoms with Gasteiger partial charge in [0.1, 0.15) is 11.5 Å². The molecule has 0 bridgehead atoms. The predicted molar refractivity (Wildman–Crippen MR) is 83.3 cm³/mol. The van der Waals surface area contributed by atoms with Gasteiger partial charge >= 0.3 is 0 Å². The van der Waals surface area contributed by atoms with Crippen LogP contribution in [0.2, 0.25) is 0 Å². The Bertz CT molecular complexity index is 792. The minimum Gasteiger partial charge on any atom is -0.497 e. The van der Waals surface area contributed by atoms with Crippen molar-refractivity contribution in [3.8, 4) is 17.1 Å². The van der Waals surface area contributed by atoms with Crippen molar-refractivity contribution in [3.05, 3.63) is 47.9 Å². The number of amides is 1. The van der Waals surface area contributed by atoms with Crippen LogP contribution in [0.5, 0.6) is 5.75 Å². The molecular formula is C15H13N3O3S. The largest absolute Gasteiger partial charge is 0.497 e. The molecule has 1 aromatic carbocycles. The van der Waals surface area contributed by atoms with Gasteiger partial charge in [-0.2, -0.15) is 9.36 Å². The number of benzene rings is 1. The molecule has 0 saturated carbocycles. The van der Waals surface area contributed by atoms with E-state index in [-0.39, 0.29) is 5.91 Å². The van der Waals surface area contributed by atoms with Crippen LogP contribution >= 0.6 is 11.5 Å². The molecule has 2 aromatic heterocycles. The van der Waals surface area contributed by atoms with Crippen molar-refractivity contribution < 1.29 is 13.9 Å². The van der Waals surface area contributed by atoms with Crippen LogP contribution in [-0.2, 0) is 0 Å². The zero-order valence-electron chi connectivity index (χ0n) is 12.0. The number of nitrogens with one attached hydrogen (secondary N) is 1. The lowest BCUT2D eigenvalue weighted by molar-refractivity contribution is 0.102. The normalized spacial score (nSPS) is 10.5. The fourth-order valence-electron chi connectivity index (χ4n) is 1.92. The topological polar surface area (TPSA) is 77.2 Å². The Morgan fingerprint density at radius 3 is 2.68 bits per heavy atom. The Balaban J connectivity index is 1.76. The third kappa shape index (κ3) is 2.84.